The summed E-state index contributed by atoms with van der Waals surface area (Å²) in [6.45, 7) is 5.12. The molecular formula is C35H30Br2F2N8O. The molecule has 0 N–H and O–H groups in total. The van der Waals surface area contributed by atoms with Gasteiger partial charge in [0.05, 0.1) is 20.3 Å². The lowest BCUT2D eigenvalue weighted by Gasteiger charge is -2.44. The minimum atomic E-state index is -0.840. The van der Waals surface area contributed by atoms with Crippen LogP contribution in [0.3, 0.4) is 0 Å². The highest BCUT2D eigenvalue weighted by Gasteiger charge is 2.44. The molecule has 0 radical (unpaired) electrons. The first-order valence-electron chi connectivity index (χ1n) is 15.8. The van der Waals surface area contributed by atoms with Crippen molar-refractivity contribution in [1.29, 1.82) is 0 Å². The highest BCUT2D eigenvalue weighted by molar-refractivity contribution is 9.10. The van der Waals surface area contributed by atoms with E-state index in [0.29, 0.717) is 48.6 Å². The standard InChI is InChI=1S/C35H30Br2F2N8O/c1-19-27-11-25(38)5-3-21(27)7-9-44(19)33(29-13-31-40-15-23(36)17-46(31)42-29)35(48)34(30-14-32-41-16-24(37)18-47(32)43-30)45-10-8-22-4-6-26(39)12-28(22)20(45)2/h3-6,11-20,33-34H,7-10H2,1-2H3. The van der Waals surface area contributed by atoms with E-state index in [4.69, 9.17) is 10.2 Å². The second-order valence-corrected chi connectivity index (χ2v) is 14.3. The average molecular weight is 776 g/mol. The van der Waals surface area contributed by atoms with Crippen molar-refractivity contribution in [3.63, 3.8) is 0 Å². The molecule has 9 nitrogen and oxygen atoms in total. The molecule has 8 rings (SSSR count). The lowest BCUT2D eigenvalue weighted by molar-refractivity contribution is -0.133. The van der Waals surface area contributed by atoms with Crippen molar-refractivity contribution < 1.29 is 13.6 Å². The maximum Gasteiger partial charge on any atom is 0.179 e. The van der Waals surface area contributed by atoms with Gasteiger partial charge in [0.2, 0.25) is 0 Å². The molecule has 13 heteroatoms. The number of rotatable bonds is 6. The molecule has 0 saturated carbocycles. The van der Waals surface area contributed by atoms with Crippen LogP contribution in [0.25, 0.3) is 11.3 Å². The zero-order valence-electron chi connectivity index (χ0n) is 26.1. The topological polar surface area (TPSA) is 83.9 Å². The molecule has 0 fully saturated rings. The van der Waals surface area contributed by atoms with Crippen LogP contribution >= 0.6 is 31.9 Å². The second-order valence-electron chi connectivity index (χ2n) is 12.5. The minimum absolute atomic E-state index is 0.140. The highest BCUT2D eigenvalue weighted by Crippen LogP contribution is 2.43. The van der Waals surface area contributed by atoms with E-state index in [9.17, 15) is 8.78 Å². The monoisotopic (exact) mass is 774 g/mol. The smallest absolute Gasteiger partial charge is 0.179 e. The average Bonchev–Trinajstić information content (AvgIpc) is 3.67. The molecule has 0 bridgehead atoms. The lowest BCUT2D eigenvalue weighted by Crippen LogP contribution is -2.47. The fourth-order valence-corrected chi connectivity index (χ4v) is 8.03. The zero-order valence-corrected chi connectivity index (χ0v) is 29.2. The molecule has 4 unspecified atom stereocenters. The van der Waals surface area contributed by atoms with Crippen LogP contribution < -0.4 is 0 Å². The first-order valence-corrected chi connectivity index (χ1v) is 17.4. The van der Waals surface area contributed by atoms with Gasteiger partial charge in [0.25, 0.3) is 0 Å². The summed E-state index contributed by atoms with van der Waals surface area (Å²) in [5.74, 6) is -0.777. The van der Waals surface area contributed by atoms with Gasteiger partial charge in [-0.3, -0.25) is 14.6 Å². The van der Waals surface area contributed by atoms with Crippen LogP contribution in [0.2, 0.25) is 0 Å². The molecule has 4 atom stereocenters. The molecule has 2 aliphatic heterocycles. The fraction of sp³-hybridized carbons (Fsp3) is 0.286. The highest BCUT2D eigenvalue weighted by atomic mass is 79.9. The van der Waals surface area contributed by atoms with E-state index in [1.807, 2.05) is 38.1 Å². The predicted octanol–water partition coefficient (Wildman–Crippen LogP) is 7.17. The summed E-state index contributed by atoms with van der Waals surface area (Å²) in [6, 6.07) is 11.2. The summed E-state index contributed by atoms with van der Waals surface area (Å²) in [5.41, 5.74) is 6.06. The normalized spacial score (nSPS) is 19.7. The lowest BCUT2D eigenvalue weighted by atomic mass is 9.86. The van der Waals surface area contributed by atoms with Gasteiger partial charge in [0, 0.05) is 62.1 Å². The Balaban J connectivity index is 1.30. The molecule has 0 spiro atoms. The summed E-state index contributed by atoms with van der Waals surface area (Å²) < 4.78 is 34.0. The first-order chi connectivity index (χ1) is 23.1. The van der Waals surface area contributed by atoms with Crippen molar-refractivity contribution in [2.24, 2.45) is 0 Å². The third-order valence-electron chi connectivity index (χ3n) is 9.75. The van der Waals surface area contributed by atoms with Gasteiger partial charge < -0.3 is 0 Å². The molecule has 6 heterocycles. The Morgan fingerprint density at radius 3 is 1.60 bits per heavy atom. The van der Waals surface area contributed by atoms with E-state index in [1.54, 1.807) is 46.0 Å². The fourth-order valence-electron chi connectivity index (χ4n) is 7.43. The molecule has 6 aromatic rings. The Hall–Kier alpha value is -3.91. The van der Waals surface area contributed by atoms with Gasteiger partial charge in [-0.1, -0.05) is 12.1 Å². The first kappa shape index (κ1) is 31.4. The molecule has 48 heavy (non-hydrogen) atoms. The Labute approximate surface area is 291 Å². The number of halogens is 4. The molecular weight excluding hydrogens is 746 g/mol. The molecule has 0 aliphatic carbocycles. The van der Waals surface area contributed by atoms with Gasteiger partial charge in [-0.2, -0.15) is 10.2 Å². The summed E-state index contributed by atoms with van der Waals surface area (Å²) in [6.07, 6.45) is 8.28. The van der Waals surface area contributed by atoms with Crippen LogP contribution in [0.4, 0.5) is 8.78 Å². The van der Waals surface area contributed by atoms with Crippen LogP contribution in [0, 0.1) is 11.6 Å². The second kappa shape index (κ2) is 12.2. The number of hydrogen-bond donors (Lipinski definition) is 0. The number of nitrogens with zero attached hydrogens (tertiary/aromatic N) is 8. The van der Waals surface area contributed by atoms with E-state index < -0.39 is 12.1 Å². The van der Waals surface area contributed by atoms with E-state index in [1.165, 1.54) is 12.1 Å². The maximum atomic E-state index is 15.6. The van der Waals surface area contributed by atoms with Crippen molar-refractivity contribution in [2.75, 3.05) is 13.1 Å². The van der Waals surface area contributed by atoms with Gasteiger partial charge in [-0.25, -0.2) is 27.8 Å². The quantitative estimate of drug-likeness (QED) is 0.178. The minimum Gasteiger partial charge on any atom is -0.295 e. The molecule has 4 aromatic heterocycles. The van der Waals surface area contributed by atoms with Gasteiger partial charge in [0.15, 0.2) is 17.1 Å². The Kier molecular flexibility index (Phi) is 7.97. The number of ketones is 1. The molecule has 244 valence electrons. The van der Waals surface area contributed by atoms with Crippen molar-refractivity contribution >= 4 is 48.9 Å². The maximum absolute atomic E-state index is 15.6. The van der Waals surface area contributed by atoms with Gasteiger partial charge >= 0.3 is 0 Å². The number of aromatic nitrogens is 6. The number of carbonyl (C=O) groups excluding carboxylic acids is 1. The predicted molar refractivity (Wildman–Crippen MR) is 182 cm³/mol. The van der Waals surface area contributed by atoms with Crippen LogP contribution in [-0.4, -0.2) is 57.9 Å². The number of fused-ring (bicyclic) bond motifs is 4. The largest absolute Gasteiger partial charge is 0.295 e. The number of benzene rings is 2. The SMILES string of the molecule is CC1c2cc(F)ccc2CCN1C(C(=O)C(c1cc2ncc(Br)cn2n1)N1CCc2ccc(F)cc2C1C)c1cc2ncc(Br)cn2n1. The molecule has 0 saturated heterocycles. The van der Waals surface area contributed by atoms with Gasteiger partial charge in [-0.15, -0.1) is 0 Å². The summed E-state index contributed by atoms with van der Waals surface area (Å²) in [7, 11) is 0. The van der Waals surface area contributed by atoms with E-state index in [-0.39, 0.29) is 29.5 Å². The number of carbonyl (C=O) groups is 1. The van der Waals surface area contributed by atoms with Crippen LogP contribution in [-0.2, 0) is 17.6 Å². The zero-order chi connectivity index (χ0) is 33.3. The van der Waals surface area contributed by atoms with Crippen molar-refractivity contribution in [3.05, 3.63) is 128 Å². The number of Topliss-reactive ketones (excluding diaryl/α,β-unsaturated/α-hetero) is 1. The Morgan fingerprint density at radius 2 is 1.17 bits per heavy atom. The molecule has 2 aliphatic rings. The van der Waals surface area contributed by atoms with E-state index in [2.05, 4.69) is 51.6 Å². The van der Waals surface area contributed by atoms with E-state index in [0.717, 1.165) is 31.2 Å². The third kappa shape index (κ3) is 5.46. The Morgan fingerprint density at radius 1 is 0.729 bits per heavy atom. The third-order valence-corrected chi connectivity index (χ3v) is 10.6. The van der Waals surface area contributed by atoms with Crippen molar-refractivity contribution in [3.8, 4) is 0 Å². The van der Waals surface area contributed by atoms with Crippen molar-refractivity contribution in [1.82, 2.24) is 39.0 Å². The van der Waals surface area contributed by atoms with Crippen LogP contribution in [0.5, 0.6) is 0 Å². The summed E-state index contributed by atoms with van der Waals surface area (Å²) in [5, 5.41) is 9.79. The van der Waals surface area contributed by atoms with Gasteiger partial charge in [-0.05, 0) is 105 Å². The van der Waals surface area contributed by atoms with Crippen LogP contribution in [0.15, 0.2) is 82.3 Å². The van der Waals surface area contributed by atoms with E-state index >= 15 is 4.79 Å². The molecule has 2 aromatic carbocycles. The van der Waals surface area contributed by atoms with Gasteiger partial charge in [0.1, 0.15) is 23.7 Å². The van der Waals surface area contributed by atoms with Crippen molar-refractivity contribution in [2.45, 2.75) is 50.9 Å². The number of hydrogen-bond acceptors (Lipinski definition) is 7. The van der Waals surface area contributed by atoms with Crippen LogP contribution in [0.1, 0.15) is 71.7 Å². The Bertz CT molecular complexity index is 2070. The summed E-state index contributed by atoms with van der Waals surface area (Å²) in [4.78, 5) is 28.9. The summed E-state index contributed by atoms with van der Waals surface area (Å²) >= 11 is 6.96. The molecule has 0 amide bonds.